The third kappa shape index (κ3) is 1.84. The van der Waals surface area contributed by atoms with Gasteiger partial charge >= 0.3 is 6.18 Å². The van der Waals surface area contributed by atoms with Crippen LogP contribution in [0.2, 0.25) is 0 Å². The van der Waals surface area contributed by atoms with Crippen LogP contribution in [0.25, 0.3) is 0 Å². The summed E-state index contributed by atoms with van der Waals surface area (Å²) in [4.78, 5) is 14.2. The van der Waals surface area contributed by atoms with Gasteiger partial charge in [0.25, 0.3) is 0 Å². The maximum atomic E-state index is 11.9. The van der Waals surface area contributed by atoms with E-state index in [9.17, 15) is 18.0 Å². The Balaban J connectivity index is 2.70. The molecule has 66 valence electrons. The van der Waals surface area contributed by atoms with Crippen LogP contribution in [0.3, 0.4) is 0 Å². The van der Waals surface area contributed by atoms with E-state index in [0.29, 0.717) is 6.41 Å². The van der Waals surface area contributed by atoms with E-state index >= 15 is 0 Å². The number of aliphatic imine (C=N–C) groups is 1. The minimum atomic E-state index is -4.43. The monoisotopic (exact) mass is 178 g/mol. The molecule has 0 saturated carbocycles. The minimum absolute atomic E-state index is 0.269. The Kier molecular flexibility index (Phi) is 2.16. The molecule has 0 saturated heterocycles. The van der Waals surface area contributed by atoms with Gasteiger partial charge in [0.05, 0.1) is 0 Å². The van der Waals surface area contributed by atoms with Crippen molar-refractivity contribution in [1.29, 1.82) is 0 Å². The molecule has 0 radical (unpaired) electrons. The number of nitrogens with zero attached hydrogens (tertiary/aromatic N) is 2. The number of amides is 1. The third-order valence-electron chi connectivity index (χ3n) is 1.25. The number of allylic oxidation sites excluding steroid dienone is 1. The van der Waals surface area contributed by atoms with Crippen molar-refractivity contribution in [3.05, 3.63) is 12.3 Å². The smallest absolute Gasteiger partial charge is 0.301 e. The highest BCUT2D eigenvalue weighted by atomic mass is 19.4. The molecule has 12 heavy (non-hydrogen) atoms. The molecule has 0 N–H and O–H groups in total. The Labute approximate surface area is 66.2 Å². The first-order chi connectivity index (χ1) is 5.54. The molecule has 0 unspecified atom stereocenters. The summed E-state index contributed by atoms with van der Waals surface area (Å²) in [5.74, 6) is 0. The van der Waals surface area contributed by atoms with Gasteiger partial charge < -0.3 is 4.90 Å². The standard InChI is InChI=1S/C6H5F3N2O/c7-6(8,9)5-1-2-11(4-12)3-10-5/h1-2,4H,3H2. The van der Waals surface area contributed by atoms with E-state index in [1.165, 1.54) is 0 Å². The fraction of sp³-hybridized carbons (Fsp3) is 0.333. The highest BCUT2D eigenvalue weighted by molar-refractivity contribution is 6.00. The first kappa shape index (κ1) is 8.76. The molecule has 1 aliphatic rings. The molecule has 1 amide bonds. The SMILES string of the molecule is O=CN1C=CC(C(F)(F)F)=NC1. The quantitative estimate of drug-likeness (QED) is 0.550. The summed E-state index contributed by atoms with van der Waals surface area (Å²) in [5, 5.41) is 0. The molecule has 1 heterocycles. The second-order valence-electron chi connectivity index (χ2n) is 2.12. The van der Waals surface area contributed by atoms with Gasteiger partial charge in [-0.1, -0.05) is 0 Å². The van der Waals surface area contributed by atoms with Crippen LogP contribution < -0.4 is 0 Å². The van der Waals surface area contributed by atoms with E-state index in [4.69, 9.17) is 0 Å². The van der Waals surface area contributed by atoms with Gasteiger partial charge in [-0.05, 0) is 6.08 Å². The average Bonchev–Trinajstić information content (AvgIpc) is 2.03. The van der Waals surface area contributed by atoms with Crippen molar-refractivity contribution in [1.82, 2.24) is 4.90 Å². The van der Waals surface area contributed by atoms with Crippen molar-refractivity contribution in [3.8, 4) is 0 Å². The lowest BCUT2D eigenvalue weighted by Gasteiger charge is -2.16. The van der Waals surface area contributed by atoms with Gasteiger partial charge in [-0.15, -0.1) is 0 Å². The average molecular weight is 178 g/mol. The molecule has 0 aromatic carbocycles. The lowest BCUT2D eigenvalue weighted by molar-refractivity contribution is -0.116. The van der Waals surface area contributed by atoms with Crippen molar-refractivity contribution in [3.63, 3.8) is 0 Å². The summed E-state index contributed by atoms with van der Waals surface area (Å²) in [6.07, 6.45) is -2.21. The zero-order valence-corrected chi connectivity index (χ0v) is 5.88. The second kappa shape index (κ2) is 2.96. The molecule has 3 nitrogen and oxygen atoms in total. The maximum Gasteiger partial charge on any atom is 0.433 e. The molecular weight excluding hydrogens is 173 g/mol. The minimum Gasteiger partial charge on any atom is -0.301 e. The van der Waals surface area contributed by atoms with Gasteiger partial charge in [0.1, 0.15) is 12.4 Å². The van der Waals surface area contributed by atoms with Crippen LogP contribution in [-0.4, -0.2) is 29.9 Å². The number of alkyl halides is 3. The number of carbonyl (C=O) groups is 1. The summed E-state index contributed by atoms with van der Waals surface area (Å²) in [6.45, 7) is -0.269. The molecular formula is C6H5F3N2O. The van der Waals surface area contributed by atoms with Crippen molar-refractivity contribution < 1.29 is 18.0 Å². The lowest BCUT2D eigenvalue weighted by Crippen LogP contribution is -2.28. The predicted molar refractivity (Wildman–Crippen MR) is 35.4 cm³/mol. The van der Waals surface area contributed by atoms with E-state index in [1.807, 2.05) is 0 Å². The number of carbonyl (C=O) groups excluding carboxylic acids is 1. The number of rotatable bonds is 1. The Morgan fingerprint density at radius 2 is 2.25 bits per heavy atom. The van der Waals surface area contributed by atoms with Crippen LogP contribution in [0.5, 0.6) is 0 Å². The summed E-state index contributed by atoms with van der Waals surface area (Å²) in [7, 11) is 0. The molecule has 0 fully saturated rings. The van der Waals surface area contributed by atoms with Gasteiger partial charge in [0, 0.05) is 6.20 Å². The maximum absolute atomic E-state index is 11.9. The van der Waals surface area contributed by atoms with Crippen LogP contribution in [0.1, 0.15) is 0 Å². The highest BCUT2D eigenvalue weighted by Crippen LogP contribution is 2.19. The van der Waals surface area contributed by atoms with Crippen molar-refractivity contribution in [2.24, 2.45) is 4.99 Å². The Hall–Kier alpha value is -1.33. The molecule has 0 atom stereocenters. The van der Waals surface area contributed by atoms with E-state index in [-0.39, 0.29) is 6.67 Å². The van der Waals surface area contributed by atoms with E-state index in [0.717, 1.165) is 17.2 Å². The molecule has 1 rings (SSSR count). The largest absolute Gasteiger partial charge is 0.433 e. The topological polar surface area (TPSA) is 32.7 Å². The first-order valence-corrected chi connectivity index (χ1v) is 3.05. The van der Waals surface area contributed by atoms with E-state index in [2.05, 4.69) is 4.99 Å². The van der Waals surface area contributed by atoms with Crippen LogP contribution >= 0.6 is 0 Å². The highest BCUT2D eigenvalue weighted by Gasteiger charge is 2.34. The van der Waals surface area contributed by atoms with Crippen molar-refractivity contribution in [2.75, 3.05) is 6.67 Å². The molecule has 0 aromatic heterocycles. The van der Waals surface area contributed by atoms with Crippen LogP contribution in [0.15, 0.2) is 17.3 Å². The van der Waals surface area contributed by atoms with Gasteiger partial charge in [0.15, 0.2) is 0 Å². The molecule has 0 spiro atoms. The van der Waals surface area contributed by atoms with Gasteiger partial charge in [0.2, 0.25) is 6.41 Å². The Bertz CT molecular complexity index is 244. The van der Waals surface area contributed by atoms with Crippen LogP contribution in [-0.2, 0) is 4.79 Å². The Morgan fingerprint density at radius 3 is 2.58 bits per heavy atom. The van der Waals surface area contributed by atoms with Crippen molar-refractivity contribution in [2.45, 2.75) is 6.18 Å². The number of halogens is 3. The van der Waals surface area contributed by atoms with Gasteiger partial charge in [-0.25, -0.2) is 0 Å². The van der Waals surface area contributed by atoms with Crippen molar-refractivity contribution >= 4 is 12.1 Å². The second-order valence-corrected chi connectivity index (χ2v) is 2.12. The molecule has 0 aliphatic carbocycles. The zero-order valence-electron chi connectivity index (χ0n) is 5.88. The normalized spacial score (nSPS) is 17.6. The summed E-state index contributed by atoms with van der Waals surface area (Å²) < 4.78 is 35.7. The lowest BCUT2D eigenvalue weighted by atomic mass is 10.3. The van der Waals surface area contributed by atoms with Gasteiger partial charge in [-0.2, -0.15) is 13.2 Å². The van der Waals surface area contributed by atoms with Crippen LogP contribution in [0, 0.1) is 0 Å². The fourth-order valence-electron chi connectivity index (χ4n) is 0.677. The number of hydrogen-bond donors (Lipinski definition) is 0. The fourth-order valence-corrected chi connectivity index (χ4v) is 0.677. The first-order valence-electron chi connectivity index (χ1n) is 3.05. The summed E-state index contributed by atoms with van der Waals surface area (Å²) >= 11 is 0. The summed E-state index contributed by atoms with van der Waals surface area (Å²) in [5.41, 5.74) is -0.958. The summed E-state index contributed by atoms with van der Waals surface area (Å²) in [6, 6.07) is 0. The van der Waals surface area contributed by atoms with Gasteiger partial charge in [-0.3, -0.25) is 9.79 Å². The molecule has 0 bridgehead atoms. The predicted octanol–water partition coefficient (Wildman–Crippen LogP) is 0.933. The Morgan fingerprint density at radius 1 is 1.58 bits per heavy atom. The number of hydrogen-bond acceptors (Lipinski definition) is 2. The van der Waals surface area contributed by atoms with Crippen LogP contribution in [0.4, 0.5) is 13.2 Å². The molecule has 0 aromatic rings. The molecule has 6 heteroatoms. The van der Waals surface area contributed by atoms with E-state index < -0.39 is 11.9 Å². The third-order valence-corrected chi connectivity index (χ3v) is 1.25. The zero-order chi connectivity index (χ0) is 9.19. The molecule has 1 aliphatic heterocycles. The van der Waals surface area contributed by atoms with E-state index in [1.54, 1.807) is 0 Å².